The van der Waals surface area contributed by atoms with Gasteiger partial charge in [0.1, 0.15) is 5.69 Å². The number of hydrogen-bond donors (Lipinski definition) is 0. The van der Waals surface area contributed by atoms with E-state index >= 15 is 0 Å². The summed E-state index contributed by atoms with van der Waals surface area (Å²) in [6, 6.07) is 2.22. The van der Waals surface area contributed by atoms with E-state index in [4.69, 9.17) is 0 Å². The first-order valence-corrected chi connectivity index (χ1v) is 6.58. The van der Waals surface area contributed by atoms with Crippen molar-refractivity contribution in [2.75, 3.05) is 0 Å². The molecule has 0 radical (unpaired) electrons. The average molecular weight is 299 g/mol. The summed E-state index contributed by atoms with van der Waals surface area (Å²) in [5, 5.41) is 6.42. The van der Waals surface area contributed by atoms with E-state index in [9.17, 15) is 4.79 Å². The van der Waals surface area contributed by atoms with Crippen molar-refractivity contribution < 1.29 is 4.79 Å². The van der Waals surface area contributed by atoms with Crippen molar-refractivity contribution in [3.63, 3.8) is 0 Å². The molecule has 5 heteroatoms. The zero-order chi connectivity index (χ0) is 11.7. The van der Waals surface area contributed by atoms with Crippen LogP contribution in [0, 0.1) is 0 Å². The van der Waals surface area contributed by atoms with Crippen LogP contribution < -0.4 is 0 Å². The van der Waals surface area contributed by atoms with Gasteiger partial charge in [-0.2, -0.15) is 5.10 Å². The molecule has 2 heterocycles. The van der Waals surface area contributed by atoms with Crippen molar-refractivity contribution in [3.8, 4) is 10.6 Å². The Hall–Kier alpha value is -0.940. The lowest BCUT2D eigenvalue weighted by Crippen LogP contribution is -2.00. The fraction of sp³-hybridized carbons (Fsp3) is 0.273. The zero-order valence-electron chi connectivity index (χ0n) is 8.98. The number of halogens is 1. The monoisotopic (exact) mass is 298 g/mol. The summed E-state index contributed by atoms with van der Waals surface area (Å²) in [6.07, 6.45) is 2.65. The molecule has 0 saturated heterocycles. The van der Waals surface area contributed by atoms with Gasteiger partial charge in [0.15, 0.2) is 6.29 Å². The lowest BCUT2D eigenvalue weighted by Gasteiger charge is -2.03. The summed E-state index contributed by atoms with van der Waals surface area (Å²) in [6.45, 7) is 4.07. The summed E-state index contributed by atoms with van der Waals surface area (Å²) in [7, 11) is 0. The molecule has 0 fully saturated rings. The third-order valence-electron chi connectivity index (χ3n) is 2.25. The molecule has 0 aliphatic heterocycles. The van der Waals surface area contributed by atoms with E-state index in [0.717, 1.165) is 21.3 Å². The molecule has 0 spiro atoms. The number of nitrogens with zero attached hydrogens (tertiary/aromatic N) is 2. The maximum absolute atomic E-state index is 11.0. The summed E-state index contributed by atoms with van der Waals surface area (Å²) in [5.74, 6) is 0. The second kappa shape index (κ2) is 4.51. The second-order valence-electron chi connectivity index (χ2n) is 3.72. The van der Waals surface area contributed by atoms with E-state index in [1.54, 1.807) is 17.5 Å². The highest BCUT2D eigenvalue weighted by molar-refractivity contribution is 9.10. The van der Waals surface area contributed by atoms with Crippen LogP contribution in [0.4, 0.5) is 0 Å². The smallest absolute Gasteiger partial charge is 0.153 e. The fourth-order valence-corrected chi connectivity index (χ4v) is 2.96. The first-order valence-electron chi connectivity index (χ1n) is 4.91. The number of rotatable bonds is 3. The van der Waals surface area contributed by atoms with Crippen LogP contribution in [0.5, 0.6) is 0 Å². The van der Waals surface area contributed by atoms with Crippen LogP contribution in [-0.2, 0) is 0 Å². The van der Waals surface area contributed by atoms with Gasteiger partial charge in [0.2, 0.25) is 0 Å². The van der Waals surface area contributed by atoms with E-state index in [2.05, 4.69) is 21.0 Å². The van der Waals surface area contributed by atoms with Gasteiger partial charge in [-0.05, 0) is 41.2 Å². The number of aldehydes is 1. The molecule has 0 unspecified atom stereocenters. The predicted octanol–water partition coefficient (Wildman–Crippen LogP) is 3.77. The number of thiophene rings is 1. The molecule has 0 saturated carbocycles. The molecular weight excluding hydrogens is 288 g/mol. The molecule has 2 aromatic heterocycles. The zero-order valence-corrected chi connectivity index (χ0v) is 11.4. The highest BCUT2D eigenvalue weighted by Crippen LogP contribution is 2.34. The Morgan fingerprint density at radius 3 is 2.81 bits per heavy atom. The second-order valence-corrected chi connectivity index (χ2v) is 5.49. The van der Waals surface area contributed by atoms with Crippen LogP contribution in [0.3, 0.4) is 0 Å². The third-order valence-corrected chi connectivity index (χ3v) is 4.09. The normalized spacial score (nSPS) is 11.0. The van der Waals surface area contributed by atoms with Gasteiger partial charge in [-0.3, -0.25) is 9.48 Å². The molecule has 3 nitrogen and oxygen atoms in total. The van der Waals surface area contributed by atoms with Crippen LogP contribution in [0.1, 0.15) is 30.2 Å². The van der Waals surface area contributed by atoms with Gasteiger partial charge < -0.3 is 0 Å². The first kappa shape index (κ1) is 11.5. The van der Waals surface area contributed by atoms with E-state index in [-0.39, 0.29) is 6.04 Å². The topological polar surface area (TPSA) is 34.9 Å². The largest absolute Gasteiger partial charge is 0.298 e. The van der Waals surface area contributed by atoms with Gasteiger partial charge in [-0.1, -0.05) is 0 Å². The van der Waals surface area contributed by atoms with Crippen LogP contribution >= 0.6 is 27.3 Å². The van der Waals surface area contributed by atoms with Crippen molar-refractivity contribution in [2.24, 2.45) is 0 Å². The molecule has 84 valence electrons. The number of hydrogen-bond acceptors (Lipinski definition) is 3. The molecule has 0 atom stereocenters. The molecule has 2 rings (SSSR count). The summed E-state index contributed by atoms with van der Waals surface area (Å²) >= 11 is 5.03. The highest BCUT2D eigenvalue weighted by atomic mass is 79.9. The van der Waals surface area contributed by atoms with Crippen LogP contribution in [-0.4, -0.2) is 16.1 Å². The highest BCUT2D eigenvalue weighted by Gasteiger charge is 2.15. The standard InChI is InChI=1S/C11H11BrN2OS/c1-7(2)14-5-8(6-15)10(13-14)11-9(12)3-4-16-11/h3-7H,1-2H3. The Morgan fingerprint density at radius 1 is 1.56 bits per heavy atom. The van der Waals surface area contributed by atoms with Crippen LogP contribution in [0.15, 0.2) is 22.1 Å². The molecule has 0 N–H and O–H groups in total. The molecule has 0 bridgehead atoms. The Balaban J connectivity index is 2.56. The lowest BCUT2D eigenvalue weighted by molar-refractivity contribution is 0.112. The number of carbonyl (C=O) groups is 1. The van der Waals surface area contributed by atoms with Crippen molar-refractivity contribution >= 4 is 33.6 Å². The van der Waals surface area contributed by atoms with Crippen LogP contribution in [0.25, 0.3) is 10.6 Å². The molecule has 0 aliphatic rings. The van der Waals surface area contributed by atoms with Crippen molar-refractivity contribution in [2.45, 2.75) is 19.9 Å². The fourth-order valence-electron chi connectivity index (χ4n) is 1.40. The van der Waals surface area contributed by atoms with Gasteiger partial charge in [-0.25, -0.2) is 0 Å². The Bertz CT molecular complexity index is 516. The predicted molar refractivity (Wildman–Crippen MR) is 69.0 cm³/mol. The van der Waals surface area contributed by atoms with Gasteiger partial charge in [0, 0.05) is 16.7 Å². The number of aromatic nitrogens is 2. The summed E-state index contributed by atoms with van der Waals surface area (Å²) < 4.78 is 2.79. The van der Waals surface area contributed by atoms with Crippen molar-refractivity contribution in [3.05, 3.63) is 27.7 Å². The van der Waals surface area contributed by atoms with E-state index in [1.165, 1.54) is 0 Å². The average Bonchev–Trinajstić information content (AvgIpc) is 2.82. The SMILES string of the molecule is CC(C)n1cc(C=O)c(-c2sccc2Br)n1. The molecule has 16 heavy (non-hydrogen) atoms. The molecule has 0 amide bonds. The quantitative estimate of drug-likeness (QED) is 0.809. The maximum atomic E-state index is 11.0. The van der Waals surface area contributed by atoms with Gasteiger partial charge >= 0.3 is 0 Å². The first-order chi connectivity index (χ1) is 7.63. The summed E-state index contributed by atoms with van der Waals surface area (Å²) in [4.78, 5) is 12.0. The van der Waals surface area contributed by atoms with Gasteiger partial charge in [-0.15, -0.1) is 11.3 Å². The Kier molecular flexibility index (Phi) is 3.25. The molecule has 0 aromatic carbocycles. The van der Waals surface area contributed by atoms with E-state index < -0.39 is 0 Å². The van der Waals surface area contributed by atoms with Gasteiger partial charge in [0.25, 0.3) is 0 Å². The minimum Gasteiger partial charge on any atom is -0.298 e. The molecule has 0 aliphatic carbocycles. The number of carbonyl (C=O) groups excluding carboxylic acids is 1. The van der Waals surface area contributed by atoms with Crippen molar-refractivity contribution in [1.82, 2.24) is 9.78 Å². The lowest BCUT2D eigenvalue weighted by atomic mass is 10.2. The minimum atomic E-state index is 0.256. The Morgan fingerprint density at radius 2 is 2.31 bits per heavy atom. The molecule has 2 aromatic rings. The Labute approximate surface area is 106 Å². The summed E-state index contributed by atoms with van der Waals surface area (Å²) in [5.41, 5.74) is 1.39. The van der Waals surface area contributed by atoms with Crippen molar-refractivity contribution in [1.29, 1.82) is 0 Å². The molecular formula is C11H11BrN2OS. The van der Waals surface area contributed by atoms with E-state index in [1.807, 2.05) is 30.0 Å². The van der Waals surface area contributed by atoms with Gasteiger partial charge in [0.05, 0.1) is 10.4 Å². The maximum Gasteiger partial charge on any atom is 0.153 e. The third kappa shape index (κ3) is 1.97. The minimum absolute atomic E-state index is 0.256. The van der Waals surface area contributed by atoms with E-state index in [0.29, 0.717) is 5.56 Å². The van der Waals surface area contributed by atoms with Crippen LogP contribution in [0.2, 0.25) is 0 Å².